The van der Waals surface area contributed by atoms with Gasteiger partial charge in [-0.1, -0.05) is 24.3 Å². The molecule has 3 aromatic carbocycles. The van der Waals surface area contributed by atoms with Crippen LogP contribution in [0.4, 0.5) is 0 Å². The van der Waals surface area contributed by atoms with Gasteiger partial charge in [-0.05, 0) is 48.5 Å². The maximum Gasteiger partial charge on any atom is 0.343 e. The number of para-hydroxylation sites is 1. The van der Waals surface area contributed by atoms with E-state index in [1.165, 1.54) is 7.11 Å². The van der Waals surface area contributed by atoms with Crippen molar-refractivity contribution in [2.24, 2.45) is 0 Å². The largest absolute Gasteiger partial charge is 0.465 e. The lowest BCUT2D eigenvalue weighted by Crippen LogP contribution is -2.07. The molecule has 0 saturated heterocycles. The molecule has 1 heterocycles. The van der Waals surface area contributed by atoms with Gasteiger partial charge in [0.05, 0.1) is 23.8 Å². The van der Waals surface area contributed by atoms with Gasteiger partial charge in [0.25, 0.3) is 0 Å². The Bertz CT molecular complexity index is 1150. The highest BCUT2D eigenvalue weighted by atomic mass is 16.5. The number of nitrogens with zero attached hydrogens (tertiary/aromatic N) is 1. The molecule has 0 atom stereocenters. The second-order valence-corrected chi connectivity index (χ2v) is 6.06. The minimum atomic E-state index is -0.438. The first-order valence-corrected chi connectivity index (χ1v) is 8.60. The van der Waals surface area contributed by atoms with Gasteiger partial charge in [-0.25, -0.2) is 14.6 Å². The summed E-state index contributed by atoms with van der Waals surface area (Å²) >= 11 is 0. The average molecular weight is 372 g/mol. The fraction of sp³-hybridized carbons (Fsp3) is 0.0455. The lowest BCUT2D eigenvalue weighted by atomic mass is 10.2. The quantitative estimate of drug-likeness (QED) is 0.428. The van der Waals surface area contributed by atoms with Crippen LogP contribution in [0.25, 0.3) is 22.4 Å². The highest BCUT2D eigenvalue weighted by molar-refractivity contribution is 6.02. The zero-order chi connectivity index (χ0) is 19.5. The van der Waals surface area contributed by atoms with Gasteiger partial charge in [0.1, 0.15) is 17.1 Å². The third-order valence-corrected chi connectivity index (χ3v) is 4.27. The zero-order valence-electron chi connectivity index (χ0n) is 15.0. The molecule has 1 aromatic heterocycles. The van der Waals surface area contributed by atoms with Crippen LogP contribution in [0.5, 0.6) is 5.75 Å². The van der Waals surface area contributed by atoms with Gasteiger partial charge in [-0.2, -0.15) is 0 Å². The second kappa shape index (κ2) is 7.36. The number of hydrogen-bond donors (Lipinski definition) is 1. The molecule has 4 aromatic rings. The Morgan fingerprint density at radius 1 is 0.857 bits per heavy atom. The molecule has 138 valence electrons. The number of aromatic nitrogens is 2. The highest BCUT2D eigenvalue weighted by Gasteiger charge is 2.15. The average Bonchev–Trinajstić information content (AvgIpc) is 3.18. The molecule has 1 N–H and O–H groups in total. The van der Waals surface area contributed by atoms with E-state index in [1.807, 2.05) is 12.1 Å². The smallest absolute Gasteiger partial charge is 0.343 e. The Labute approximate surface area is 160 Å². The van der Waals surface area contributed by atoms with Crippen LogP contribution in [0.3, 0.4) is 0 Å². The van der Waals surface area contributed by atoms with Crippen molar-refractivity contribution in [2.75, 3.05) is 7.11 Å². The number of nitrogens with one attached hydrogen (secondary N) is 1. The monoisotopic (exact) mass is 372 g/mol. The van der Waals surface area contributed by atoms with Crippen LogP contribution < -0.4 is 4.74 Å². The summed E-state index contributed by atoms with van der Waals surface area (Å²) in [5.74, 6) is 0.183. The number of aromatic amines is 1. The third kappa shape index (κ3) is 3.35. The van der Waals surface area contributed by atoms with Crippen molar-refractivity contribution in [3.8, 4) is 17.1 Å². The van der Waals surface area contributed by atoms with Crippen molar-refractivity contribution >= 4 is 23.0 Å². The van der Waals surface area contributed by atoms with Crippen molar-refractivity contribution in [1.82, 2.24) is 9.97 Å². The van der Waals surface area contributed by atoms with E-state index in [1.54, 1.807) is 60.7 Å². The van der Waals surface area contributed by atoms with Crippen LogP contribution in [-0.4, -0.2) is 29.0 Å². The molecule has 0 bridgehead atoms. The minimum Gasteiger partial charge on any atom is -0.465 e. The Balaban J connectivity index is 1.59. The summed E-state index contributed by atoms with van der Waals surface area (Å²) in [4.78, 5) is 31.8. The number of hydrogen-bond acceptors (Lipinski definition) is 5. The van der Waals surface area contributed by atoms with E-state index in [2.05, 4.69) is 9.97 Å². The Morgan fingerprint density at radius 2 is 1.61 bits per heavy atom. The van der Waals surface area contributed by atoms with Crippen molar-refractivity contribution in [3.05, 3.63) is 83.9 Å². The molecule has 0 aliphatic rings. The highest BCUT2D eigenvalue weighted by Crippen LogP contribution is 2.25. The second-order valence-electron chi connectivity index (χ2n) is 6.06. The van der Waals surface area contributed by atoms with E-state index in [9.17, 15) is 9.59 Å². The molecule has 0 aliphatic heterocycles. The van der Waals surface area contributed by atoms with Crippen molar-refractivity contribution in [1.29, 1.82) is 0 Å². The number of H-pyrrole nitrogens is 1. The van der Waals surface area contributed by atoms with E-state index in [0.717, 1.165) is 11.1 Å². The van der Waals surface area contributed by atoms with Crippen LogP contribution in [0, 0.1) is 0 Å². The van der Waals surface area contributed by atoms with Gasteiger partial charge in [0.2, 0.25) is 0 Å². The SMILES string of the molecule is COC(=O)c1cccc2[nH]c(-c3ccc(OC(=O)c4ccccc4)cc3)nc12. The minimum absolute atomic E-state index is 0.399. The molecule has 4 rings (SSSR count). The zero-order valence-corrected chi connectivity index (χ0v) is 15.0. The number of methoxy groups -OCH3 is 1. The van der Waals surface area contributed by atoms with Crippen LogP contribution in [0.15, 0.2) is 72.8 Å². The number of carbonyl (C=O) groups excluding carboxylic acids is 2. The molecular formula is C22H16N2O4. The Kier molecular flexibility index (Phi) is 4.60. The molecule has 0 radical (unpaired) electrons. The number of ether oxygens (including phenoxy) is 2. The lowest BCUT2D eigenvalue weighted by molar-refractivity contribution is 0.0602. The standard InChI is InChI=1S/C22H16N2O4/c1-27-22(26)17-8-5-9-18-19(17)24-20(23-18)14-10-12-16(13-11-14)28-21(25)15-6-3-2-4-7-15/h2-13H,1H3,(H,23,24). The van der Waals surface area contributed by atoms with Crippen LogP contribution in [0.1, 0.15) is 20.7 Å². The first-order valence-electron chi connectivity index (χ1n) is 8.60. The summed E-state index contributed by atoms with van der Waals surface area (Å²) in [6.07, 6.45) is 0. The topological polar surface area (TPSA) is 81.3 Å². The molecule has 0 unspecified atom stereocenters. The lowest BCUT2D eigenvalue weighted by Gasteiger charge is -2.05. The van der Waals surface area contributed by atoms with Gasteiger partial charge in [0, 0.05) is 5.56 Å². The maximum absolute atomic E-state index is 12.1. The number of imidazole rings is 1. The van der Waals surface area contributed by atoms with E-state index in [-0.39, 0.29) is 0 Å². The number of carbonyl (C=O) groups is 2. The molecule has 0 amide bonds. The molecule has 6 nitrogen and oxygen atoms in total. The molecular weight excluding hydrogens is 356 g/mol. The number of rotatable bonds is 4. The maximum atomic E-state index is 12.1. The number of benzene rings is 3. The fourth-order valence-electron chi connectivity index (χ4n) is 2.86. The first kappa shape index (κ1) is 17.5. The summed E-state index contributed by atoms with van der Waals surface area (Å²) < 4.78 is 10.2. The third-order valence-electron chi connectivity index (χ3n) is 4.27. The van der Waals surface area contributed by atoms with E-state index in [4.69, 9.17) is 9.47 Å². The summed E-state index contributed by atoms with van der Waals surface area (Å²) in [5.41, 5.74) is 2.96. The van der Waals surface area contributed by atoms with Crippen LogP contribution in [-0.2, 0) is 4.74 Å². The molecule has 0 spiro atoms. The van der Waals surface area contributed by atoms with Gasteiger partial charge in [0.15, 0.2) is 0 Å². The molecule has 0 aliphatic carbocycles. The molecule has 0 saturated carbocycles. The van der Waals surface area contributed by atoms with Crippen molar-refractivity contribution in [2.45, 2.75) is 0 Å². The summed E-state index contributed by atoms with van der Waals surface area (Å²) in [6, 6.07) is 21.1. The fourth-order valence-corrected chi connectivity index (χ4v) is 2.86. The Hall–Kier alpha value is -3.93. The predicted octanol–water partition coefficient (Wildman–Crippen LogP) is 4.24. The molecule has 0 fully saturated rings. The number of fused-ring (bicyclic) bond motifs is 1. The van der Waals surface area contributed by atoms with Crippen LogP contribution in [0.2, 0.25) is 0 Å². The summed E-state index contributed by atoms with van der Waals surface area (Å²) in [6.45, 7) is 0. The number of esters is 2. The van der Waals surface area contributed by atoms with Gasteiger partial charge in [-0.3, -0.25) is 0 Å². The normalized spacial score (nSPS) is 10.6. The predicted molar refractivity (Wildman–Crippen MR) is 104 cm³/mol. The first-order chi connectivity index (χ1) is 13.7. The Morgan fingerprint density at radius 3 is 2.32 bits per heavy atom. The van der Waals surface area contributed by atoms with E-state index >= 15 is 0 Å². The van der Waals surface area contributed by atoms with Crippen molar-refractivity contribution in [3.63, 3.8) is 0 Å². The van der Waals surface area contributed by atoms with Crippen LogP contribution >= 0.6 is 0 Å². The molecule has 28 heavy (non-hydrogen) atoms. The van der Waals surface area contributed by atoms with Crippen molar-refractivity contribution < 1.29 is 19.1 Å². The molecule has 6 heteroatoms. The van der Waals surface area contributed by atoms with E-state index in [0.29, 0.717) is 28.2 Å². The summed E-state index contributed by atoms with van der Waals surface area (Å²) in [5, 5.41) is 0. The van der Waals surface area contributed by atoms with Gasteiger partial charge in [-0.15, -0.1) is 0 Å². The van der Waals surface area contributed by atoms with Gasteiger partial charge < -0.3 is 14.5 Å². The summed E-state index contributed by atoms with van der Waals surface area (Å²) in [7, 11) is 1.34. The van der Waals surface area contributed by atoms with E-state index < -0.39 is 11.9 Å². The van der Waals surface area contributed by atoms with Gasteiger partial charge >= 0.3 is 11.9 Å².